The van der Waals surface area contributed by atoms with E-state index in [2.05, 4.69) is 25.7 Å². The molecule has 0 radical (unpaired) electrons. The van der Waals surface area contributed by atoms with E-state index in [-0.39, 0.29) is 5.91 Å². The van der Waals surface area contributed by atoms with Crippen molar-refractivity contribution in [3.8, 4) is 10.7 Å². The Morgan fingerprint density at radius 3 is 3.12 bits per heavy atom. The van der Waals surface area contributed by atoms with Crippen molar-refractivity contribution in [2.75, 3.05) is 11.1 Å². The number of carbonyl (C=O) groups excluding carboxylic acids is 1. The lowest BCUT2D eigenvalue weighted by molar-refractivity contribution is -0.116. The first-order chi connectivity index (χ1) is 11.7. The Bertz CT molecular complexity index is 784. The first kappa shape index (κ1) is 17.1. The van der Waals surface area contributed by atoms with Gasteiger partial charge in [0.1, 0.15) is 0 Å². The summed E-state index contributed by atoms with van der Waals surface area (Å²) in [4.78, 5) is 17.2. The van der Waals surface area contributed by atoms with Crippen LogP contribution in [0.1, 0.15) is 25.7 Å². The molecule has 0 saturated heterocycles. The molecule has 0 aliphatic carbocycles. The van der Waals surface area contributed by atoms with Gasteiger partial charge in [0.25, 0.3) is 0 Å². The maximum atomic E-state index is 11.9. The van der Waals surface area contributed by atoms with Crippen LogP contribution < -0.4 is 5.32 Å². The monoisotopic (exact) mass is 381 g/mol. The van der Waals surface area contributed by atoms with Crippen molar-refractivity contribution in [1.82, 2.24) is 20.3 Å². The van der Waals surface area contributed by atoms with Gasteiger partial charge in [0, 0.05) is 12.8 Å². The van der Waals surface area contributed by atoms with E-state index in [1.165, 1.54) is 11.3 Å². The molecule has 1 N–H and O–H groups in total. The van der Waals surface area contributed by atoms with Crippen LogP contribution in [0.5, 0.6) is 0 Å². The number of nitrogens with zero attached hydrogens (tertiary/aromatic N) is 4. The highest BCUT2D eigenvalue weighted by atomic mass is 32.2. The second kappa shape index (κ2) is 8.36. The van der Waals surface area contributed by atoms with Crippen LogP contribution in [-0.2, 0) is 11.2 Å². The van der Waals surface area contributed by atoms with E-state index in [9.17, 15) is 4.79 Å². The number of hydrogen-bond acceptors (Lipinski definition) is 9. The molecule has 0 fully saturated rings. The van der Waals surface area contributed by atoms with E-state index in [1.54, 1.807) is 23.1 Å². The van der Waals surface area contributed by atoms with Crippen LogP contribution in [0.3, 0.4) is 0 Å². The summed E-state index contributed by atoms with van der Waals surface area (Å²) in [6.45, 7) is 2.05. The minimum absolute atomic E-state index is 0.0859. The Hall–Kier alpha value is -1.78. The number of aromatic nitrogens is 4. The maximum Gasteiger partial charge on any atom is 0.226 e. The van der Waals surface area contributed by atoms with Gasteiger partial charge in [0.15, 0.2) is 4.34 Å². The molecule has 126 valence electrons. The quantitative estimate of drug-likeness (QED) is 0.469. The fraction of sp³-hybridized carbons (Fsp3) is 0.357. The van der Waals surface area contributed by atoms with Gasteiger partial charge in [0.05, 0.1) is 4.88 Å². The van der Waals surface area contributed by atoms with Crippen molar-refractivity contribution in [3.63, 3.8) is 0 Å². The fourth-order valence-electron chi connectivity index (χ4n) is 1.89. The third kappa shape index (κ3) is 4.62. The Morgan fingerprint density at radius 2 is 2.33 bits per heavy atom. The molecule has 0 bridgehead atoms. The van der Waals surface area contributed by atoms with Crippen molar-refractivity contribution in [2.45, 2.75) is 30.5 Å². The zero-order valence-electron chi connectivity index (χ0n) is 12.9. The van der Waals surface area contributed by atoms with E-state index in [0.717, 1.165) is 15.0 Å². The molecular formula is C14H15N5O2S3. The summed E-state index contributed by atoms with van der Waals surface area (Å²) in [5.74, 6) is 1.99. The molecule has 0 aromatic carbocycles. The van der Waals surface area contributed by atoms with E-state index >= 15 is 0 Å². The molecule has 0 saturated carbocycles. The average Bonchev–Trinajstić information content (AvgIpc) is 3.28. The summed E-state index contributed by atoms with van der Waals surface area (Å²) in [5, 5.41) is 17.2. The predicted molar refractivity (Wildman–Crippen MR) is 95.5 cm³/mol. The molecular weight excluding hydrogens is 366 g/mol. The number of thioether (sulfide) groups is 1. The van der Waals surface area contributed by atoms with Crippen molar-refractivity contribution in [1.29, 1.82) is 0 Å². The third-order valence-electron chi connectivity index (χ3n) is 2.92. The number of amides is 1. The highest BCUT2D eigenvalue weighted by Crippen LogP contribution is 2.25. The normalized spacial score (nSPS) is 10.9. The molecule has 3 aromatic heterocycles. The van der Waals surface area contributed by atoms with Gasteiger partial charge in [-0.15, -0.1) is 21.5 Å². The van der Waals surface area contributed by atoms with Gasteiger partial charge in [-0.25, -0.2) is 0 Å². The molecule has 0 aliphatic heterocycles. The van der Waals surface area contributed by atoms with E-state index in [4.69, 9.17) is 4.52 Å². The van der Waals surface area contributed by atoms with Crippen molar-refractivity contribution < 1.29 is 9.32 Å². The first-order valence-corrected chi connectivity index (χ1v) is 10.1. The van der Waals surface area contributed by atoms with Gasteiger partial charge in [-0.1, -0.05) is 41.2 Å². The van der Waals surface area contributed by atoms with Gasteiger partial charge in [-0.3, -0.25) is 4.79 Å². The average molecular weight is 382 g/mol. The molecule has 0 aliphatic rings. The van der Waals surface area contributed by atoms with Crippen LogP contribution in [-0.4, -0.2) is 32.0 Å². The highest BCUT2D eigenvalue weighted by Gasteiger charge is 2.11. The van der Waals surface area contributed by atoms with Crippen LogP contribution in [0.15, 0.2) is 26.4 Å². The largest absolute Gasteiger partial charge is 0.339 e. The topological polar surface area (TPSA) is 93.8 Å². The summed E-state index contributed by atoms with van der Waals surface area (Å²) in [5.41, 5.74) is 0. The molecule has 24 heavy (non-hydrogen) atoms. The van der Waals surface area contributed by atoms with Crippen molar-refractivity contribution >= 4 is 45.5 Å². The molecule has 0 unspecified atom stereocenters. The Balaban J connectivity index is 1.43. The lowest BCUT2D eigenvalue weighted by atomic mass is 10.2. The van der Waals surface area contributed by atoms with Crippen molar-refractivity contribution in [3.05, 3.63) is 23.4 Å². The number of thiophene rings is 1. The fourth-order valence-corrected chi connectivity index (χ4v) is 4.20. The second-order valence-corrected chi connectivity index (χ2v) is 8.13. The molecule has 3 heterocycles. The minimum Gasteiger partial charge on any atom is -0.339 e. The number of nitrogens with one attached hydrogen (secondary N) is 1. The van der Waals surface area contributed by atoms with E-state index in [1.807, 2.05) is 24.4 Å². The summed E-state index contributed by atoms with van der Waals surface area (Å²) >= 11 is 4.55. The summed E-state index contributed by atoms with van der Waals surface area (Å²) in [6, 6.07) is 3.89. The van der Waals surface area contributed by atoms with Gasteiger partial charge in [0.2, 0.25) is 22.8 Å². The van der Waals surface area contributed by atoms with E-state index in [0.29, 0.717) is 36.1 Å². The number of anilines is 1. The molecule has 0 atom stereocenters. The van der Waals surface area contributed by atoms with Crippen LogP contribution in [0.2, 0.25) is 0 Å². The summed E-state index contributed by atoms with van der Waals surface area (Å²) in [7, 11) is 0. The highest BCUT2D eigenvalue weighted by molar-refractivity contribution is 8.01. The number of hydrogen-bond donors (Lipinski definition) is 1. The van der Waals surface area contributed by atoms with Crippen molar-refractivity contribution in [2.24, 2.45) is 0 Å². The first-order valence-electron chi connectivity index (χ1n) is 7.37. The van der Waals surface area contributed by atoms with Gasteiger partial charge < -0.3 is 9.84 Å². The number of carbonyl (C=O) groups is 1. The van der Waals surface area contributed by atoms with Crippen LogP contribution in [0.4, 0.5) is 5.13 Å². The molecule has 3 rings (SSSR count). The SMILES string of the molecule is CCSc1nnc(NC(=O)CCCc2nc(-c3cccs3)no2)s1. The Labute approximate surface area is 150 Å². The zero-order chi connectivity index (χ0) is 16.8. The molecule has 3 aromatic rings. The van der Waals surface area contributed by atoms with Crippen LogP contribution in [0.25, 0.3) is 10.7 Å². The summed E-state index contributed by atoms with van der Waals surface area (Å²) in [6.07, 6.45) is 1.57. The Kier molecular flexibility index (Phi) is 5.94. The number of rotatable bonds is 8. The van der Waals surface area contributed by atoms with Crippen LogP contribution in [0, 0.1) is 0 Å². The van der Waals surface area contributed by atoms with Gasteiger partial charge in [-0.05, 0) is 23.6 Å². The molecule has 10 heteroatoms. The third-order valence-corrected chi connectivity index (χ3v) is 5.64. The summed E-state index contributed by atoms with van der Waals surface area (Å²) < 4.78 is 6.07. The van der Waals surface area contributed by atoms with Gasteiger partial charge in [-0.2, -0.15) is 4.98 Å². The van der Waals surface area contributed by atoms with E-state index < -0.39 is 0 Å². The zero-order valence-corrected chi connectivity index (χ0v) is 15.3. The standard InChI is InChI=1S/C14H15N5O2S3/c1-2-22-14-18-17-13(24-14)15-10(20)6-3-7-11-16-12(19-21-11)9-5-4-8-23-9/h4-5,8H,2-3,6-7H2,1H3,(H,15,17,20). The number of aryl methyl sites for hydroxylation is 1. The minimum atomic E-state index is -0.0859. The predicted octanol–water partition coefficient (Wildman–Crippen LogP) is 3.72. The molecule has 7 nitrogen and oxygen atoms in total. The Morgan fingerprint density at radius 1 is 1.42 bits per heavy atom. The lowest BCUT2D eigenvalue weighted by Gasteiger charge is -1.99. The van der Waals surface area contributed by atoms with Gasteiger partial charge >= 0.3 is 0 Å². The smallest absolute Gasteiger partial charge is 0.226 e. The lowest BCUT2D eigenvalue weighted by Crippen LogP contribution is -2.11. The molecule has 1 amide bonds. The second-order valence-electron chi connectivity index (χ2n) is 4.70. The van der Waals surface area contributed by atoms with Crippen LogP contribution >= 0.6 is 34.4 Å². The molecule has 0 spiro atoms. The maximum absolute atomic E-state index is 11.9.